The Balaban J connectivity index is 1.25. The van der Waals surface area contributed by atoms with Gasteiger partial charge in [0.25, 0.3) is 0 Å². The van der Waals surface area contributed by atoms with E-state index >= 15 is 0 Å². The Labute approximate surface area is 148 Å². The molecule has 142 valence electrons. The summed E-state index contributed by atoms with van der Waals surface area (Å²) in [4.78, 5) is 16.7. The Hall–Kier alpha value is -0.750. The number of carbonyl (C=O) groups is 1. The lowest BCUT2D eigenvalue weighted by molar-refractivity contribution is -0.161. The normalized spacial score (nSPS) is 32.1. The van der Waals surface area contributed by atoms with Crippen molar-refractivity contribution in [3.63, 3.8) is 0 Å². The molecule has 4 rings (SSSR count). The monoisotopic (exact) mass is 356 g/mol. The number of alkyl halides is 2. The van der Waals surface area contributed by atoms with E-state index in [-0.39, 0.29) is 24.3 Å². The van der Waals surface area contributed by atoms with Crippen molar-refractivity contribution in [3.05, 3.63) is 0 Å². The Morgan fingerprint density at radius 1 is 1.08 bits per heavy atom. The molecule has 0 unspecified atom stereocenters. The van der Waals surface area contributed by atoms with Gasteiger partial charge in [-0.1, -0.05) is 0 Å². The van der Waals surface area contributed by atoms with Crippen LogP contribution in [0.15, 0.2) is 0 Å². The number of likely N-dealkylation sites (N-methyl/N-ethyl adjacent to an activating group) is 1. The minimum Gasteiger partial charge on any atom is -0.380 e. The standard InChI is InChI=1S/C19H30F2N2O2/c1-22-16(13-25-12-14-2-3-14)4-5-18(22)6-8-23(9-7-18)17(24)15-10-19(20,21)11-15/h14-16H,2-13H2,1H3/t16-/m1/s1. The van der Waals surface area contributed by atoms with Gasteiger partial charge in [0.15, 0.2) is 0 Å². The summed E-state index contributed by atoms with van der Waals surface area (Å²) in [5, 5.41) is 0. The molecule has 2 aliphatic carbocycles. The zero-order chi connectivity index (χ0) is 17.7. The second kappa shape index (κ2) is 6.45. The summed E-state index contributed by atoms with van der Waals surface area (Å²) in [7, 11) is 2.20. The van der Waals surface area contributed by atoms with Gasteiger partial charge >= 0.3 is 0 Å². The number of rotatable bonds is 5. The molecule has 4 aliphatic rings. The first kappa shape index (κ1) is 17.7. The third kappa shape index (κ3) is 3.57. The SMILES string of the molecule is CN1[C@@H](COCC2CC2)CCC12CCN(C(=O)C1CC(F)(F)C1)CC2. The van der Waals surface area contributed by atoms with E-state index in [2.05, 4.69) is 11.9 Å². The van der Waals surface area contributed by atoms with E-state index in [9.17, 15) is 13.6 Å². The largest absolute Gasteiger partial charge is 0.380 e. The fourth-order valence-corrected chi connectivity index (χ4v) is 4.88. The smallest absolute Gasteiger partial charge is 0.249 e. The molecule has 4 fully saturated rings. The van der Waals surface area contributed by atoms with E-state index in [4.69, 9.17) is 4.74 Å². The number of hydrogen-bond acceptors (Lipinski definition) is 3. The van der Waals surface area contributed by atoms with Gasteiger partial charge in [-0.2, -0.15) is 0 Å². The molecule has 6 heteroatoms. The average Bonchev–Trinajstić information content (AvgIpc) is 3.34. The van der Waals surface area contributed by atoms with Crippen LogP contribution in [-0.4, -0.2) is 66.6 Å². The lowest BCUT2D eigenvalue weighted by Crippen LogP contribution is -2.56. The van der Waals surface area contributed by atoms with E-state index in [1.54, 1.807) is 0 Å². The number of amides is 1. The van der Waals surface area contributed by atoms with Crippen molar-refractivity contribution in [2.45, 2.75) is 68.9 Å². The highest BCUT2D eigenvalue weighted by Gasteiger charge is 2.51. The third-order valence-corrected chi connectivity index (χ3v) is 7.04. The first-order valence-electron chi connectivity index (χ1n) is 9.86. The fraction of sp³-hybridized carbons (Fsp3) is 0.947. The number of piperidine rings is 1. The molecule has 1 atom stereocenters. The highest BCUT2D eigenvalue weighted by molar-refractivity contribution is 5.80. The predicted molar refractivity (Wildman–Crippen MR) is 90.5 cm³/mol. The predicted octanol–water partition coefficient (Wildman–Crippen LogP) is 2.91. The van der Waals surface area contributed by atoms with Crippen molar-refractivity contribution in [2.24, 2.45) is 11.8 Å². The van der Waals surface area contributed by atoms with Crippen LogP contribution in [0, 0.1) is 11.8 Å². The molecule has 2 aliphatic heterocycles. The summed E-state index contributed by atoms with van der Waals surface area (Å²) in [6.07, 6.45) is 6.35. The van der Waals surface area contributed by atoms with Crippen molar-refractivity contribution < 1.29 is 18.3 Å². The van der Waals surface area contributed by atoms with Gasteiger partial charge in [0.1, 0.15) is 0 Å². The van der Waals surface area contributed by atoms with Crippen LogP contribution in [0.25, 0.3) is 0 Å². The fourth-order valence-electron chi connectivity index (χ4n) is 4.88. The van der Waals surface area contributed by atoms with Gasteiger partial charge < -0.3 is 9.64 Å². The molecule has 2 heterocycles. The van der Waals surface area contributed by atoms with Crippen LogP contribution >= 0.6 is 0 Å². The average molecular weight is 356 g/mol. The van der Waals surface area contributed by atoms with Gasteiger partial charge in [-0.15, -0.1) is 0 Å². The van der Waals surface area contributed by atoms with Gasteiger partial charge in [0.2, 0.25) is 11.8 Å². The molecule has 0 aromatic rings. The summed E-state index contributed by atoms with van der Waals surface area (Å²) in [6, 6.07) is 0.478. The molecule has 1 amide bonds. The van der Waals surface area contributed by atoms with E-state index in [1.165, 1.54) is 12.8 Å². The Morgan fingerprint density at radius 2 is 1.76 bits per heavy atom. The van der Waals surface area contributed by atoms with E-state index in [0.29, 0.717) is 19.1 Å². The molecular formula is C19H30F2N2O2. The van der Waals surface area contributed by atoms with Crippen molar-refractivity contribution in [3.8, 4) is 0 Å². The first-order valence-corrected chi connectivity index (χ1v) is 9.86. The lowest BCUT2D eigenvalue weighted by Gasteiger charge is -2.46. The molecular weight excluding hydrogens is 326 g/mol. The van der Waals surface area contributed by atoms with Crippen molar-refractivity contribution in [1.82, 2.24) is 9.80 Å². The first-order chi connectivity index (χ1) is 11.9. The van der Waals surface area contributed by atoms with Crippen LogP contribution in [0.3, 0.4) is 0 Å². The molecule has 2 saturated carbocycles. The Bertz CT molecular complexity index is 508. The maximum Gasteiger partial charge on any atom is 0.249 e. The van der Waals surface area contributed by atoms with Crippen molar-refractivity contribution >= 4 is 5.91 Å². The second-order valence-electron chi connectivity index (χ2n) is 8.79. The van der Waals surface area contributed by atoms with Crippen LogP contribution in [0.1, 0.15) is 51.4 Å². The van der Waals surface area contributed by atoms with Gasteiger partial charge in [-0.3, -0.25) is 9.69 Å². The van der Waals surface area contributed by atoms with E-state index in [0.717, 1.165) is 44.8 Å². The number of nitrogens with zero attached hydrogens (tertiary/aromatic N) is 2. The molecule has 0 aromatic carbocycles. The number of likely N-dealkylation sites (tertiary alicyclic amines) is 2. The number of hydrogen-bond donors (Lipinski definition) is 0. The van der Waals surface area contributed by atoms with Crippen LogP contribution in [0.2, 0.25) is 0 Å². The quantitative estimate of drug-likeness (QED) is 0.759. The summed E-state index contributed by atoms with van der Waals surface area (Å²) >= 11 is 0. The second-order valence-corrected chi connectivity index (χ2v) is 8.79. The zero-order valence-electron chi connectivity index (χ0n) is 15.2. The van der Waals surface area contributed by atoms with Gasteiger partial charge in [0, 0.05) is 50.0 Å². The highest BCUT2D eigenvalue weighted by atomic mass is 19.3. The maximum atomic E-state index is 13.0. The summed E-state index contributed by atoms with van der Waals surface area (Å²) < 4.78 is 31.9. The summed E-state index contributed by atoms with van der Waals surface area (Å²) in [6.45, 7) is 3.14. The summed E-state index contributed by atoms with van der Waals surface area (Å²) in [5.41, 5.74) is 0.175. The highest BCUT2D eigenvalue weighted by Crippen LogP contribution is 2.45. The lowest BCUT2D eigenvalue weighted by atomic mass is 9.79. The maximum absolute atomic E-state index is 13.0. The molecule has 25 heavy (non-hydrogen) atoms. The molecule has 0 radical (unpaired) electrons. The van der Waals surface area contributed by atoms with E-state index in [1.807, 2.05) is 4.90 Å². The Morgan fingerprint density at radius 3 is 2.36 bits per heavy atom. The molecule has 1 spiro atoms. The van der Waals surface area contributed by atoms with Gasteiger partial charge in [-0.25, -0.2) is 8.78 Å². The van der Waals surface area contributed by atoms with Crippen LogP contribution in [-0.2, 0) is 9.53 Å². The molecule has 2 saturated heterocycles. The van der Waals surface area contributed by atoms with E-state index < -0.39 is 11.8 Å². The molecule has 4 nitrogen and oxygen atoms in total. The Kier molecular flexibility index (Phi) is 4.55. The number of carbonyl (C=O) groups excluding carboxylic acids is 1. The van der Waals surface area contributed by atoms with Crippen molar-refractivity contribution in [1.29, 1.82) is 0 Å². The topological polar surface area (TPSA) is 32.8 Å². The number of halogens is 2. The minimum absolute atomic E-state index is 0.0502. The zero-order valence-corrected chi connectivity index (χ0v) is 15.2. The molecule has 0 aromatic heterocycles. The molecule has 0 bridgehead atoms. The summed E-state index contributed by atoms with van der Waals surface area (Å²) in [5.74, 6) is -2.31. The van der Waals surface area contributed by atoms with Crippen LogP contribution in [0.5, 0.6) is 0 Å². The minimum atomic E-state index is -2.61. The van der Waals surface area contributed by atoms with Gasteiger partial charge in [-0.05, 0) is 51.5 Å². The number of ether oxygens (including phenoxy) is 1. The van der Waals surface area contributed by atoms with Crippen LogP contribution < -0.4 is 0 Å². The molecule has 0 N–H and O–H groups in total. The van der Waals surface area contributed by atoms with Crippen molar-refractivity contribution in [2.75, 3.05) is 33.4 Å². The van der Waals surface area contributed by atoms with Crippen LogP contribution in [0.4, 0.5) is 8.78 Å². The van der Waals surface area contributed by atoms with Gasteiger partial charge in [0.05, 0.1) is 6.61 Å². The third-order valence-electron chi connectivity index (χ3n) is 7.04.